The predicted molar refractivity (Wildman–Crippen MR) is 94.5 cm³/mol. The Morgan fingerprint density at radius 3 is 2.54 bits per heavy atom. The minimum atomic E-state index is -0.206. The molecule has 0 spiro atoms. The number of ether oxygens (including phenoxy) is 1. The third-order valence-electron chi connectivity index (χ3n) is 4.20. The third kappa shape index (κ3) is 4.32. The van der Waals surface area contributed by atoms with Crippen LogP contribution in [0.5, 0.6) is 5.75 Å². The number of rotatable bonds is 4. The Morgan fingerprint density at radius 1 is 1.17 bits per heavy atom. The van der Waals surface area contributed by atoms with E-state index in [0.717, 1.165) is 43.1 Å². The van der Waals surface area contributed by atoms with E-state index in [1.807, 2.05) is 43.3 Å². The van der Waals surface area contributed by atoms with Crippen molar-refractivity contribution < 1.29 is 9.53 Å². The van der Waals surface area contributed by atoms with Gasteiger partial charge in [0.15, 0.2) is 0 Å². The van der Waals surface area contributed by atoms with Gasteiger partial charge in [-0.05, 0) is 63.2 Å². The maximum Gasteiger partial charge on any atom is 0.274 e. The molecule has 0 saturated carbocycles. The summed E-state index contributed by atoms with van der Waals surface area (Å²) in [6.07, 6.45) is 2.38. The van der Waals surface area contributed by atoms with E-state index in [1.165, 1.54) is 0 Å². The molecular weight excluding hydrogens is 302 g/mol. The second-order valence-corrected chi connectivity index (χ2v) is 6.26. The molecule has 0 radical (unpaired) electrons. The summed E-state index contributed by atoms with van der Waals surface area (Å²) in [6, 6.07) is 12.9. The van der Waals surface area contributed by atoms with Gasteiger partial charge in [0.2, 0.25) is 0 Å². The Bertz CT molecular complexity index is 692. The van der Waals surface area contributed by atoms with Gasteiger partial charge in [0.1, 0.15) is 17.5 Å². The molecule has 1 aliphatic rings. The fraction of sp³-hybridized carbons (Fsp3) is 0.368. The number of hydrogen-bond acceptors (Lipinski definition) is 4. The van der Waals surface area contributed by atoms with Crippen LogP contribution in [-0.4, -0.2) is 42.0 Å². The Labute approximate surface area is 142 Å². The minimum Gasteiger partial charge on any atom is -0.490 e. The van der Waals surface area contributed by atoms with Crippen molar-refractivity contribution in [1.82, 2.24) is 9.88 Å². The SMILES string of the molecule is Cc1cccc(C(=O)Nc2ccc(OC3CCN(C)CC3)cc2)n1. The Hall–Kier alpha value is -2.40. The number of piperidine rings is 1. The number of nitrogens with one attached hydrogen (secondary N) is 1. The fourth-order valence-electron chi connectivity index (χ4n) is 2.78. The lowest BCUT2D eigenvalue weighted by Crippen LogP contribution is -2.35. The first-order valence-corrected chi connectivity index (χ1v) is 8.30. The molecule has 1 aliphatic heterocycles. The van der Waals surface area contributed by atoms with Crippen molar-refractivity contribution in [1.29, 1.82) is 0 Å². The van der Waals surface area contributed by atoms with Crippen molar-refractivity contribution in [3.8, 4) is 5.75 Å². The highest BCUT2D eigenvalue weighted by Gasteiger charge is 2.18. The topological polar surface area (TPSA) is 54.5 Å². The van der Waals surface area contributed by atoms with Gasteiger partial charge in [0.05, 0.1) is 0 Å². The molecule has 1 aromatic heterocycles. The minimum absolute atomic E-state index is 0.206. The summed E-state index contributed by atoms with van der Waals surface area (Å²) in [5, 5.41) is 2.86. The van der Waals surface area contributed by atoms with Crippen LogP contribution in [0, 0.1) is 6.92 Å². The molecule has 0 unspecified atom stereocenters. The van der Waals surface area contributed by atoms with Crippen LogP contribution in [0.2, 0.25) is 0 Å². The quantitative estimate of drug-likeness (QED) is 0.938. The number of carbonyl (C=O) groups is 1. The van der Waals surface area contributed by atoms with E-state index >= 15 is 0 Å². The normalized spacial score (nSPS) is 15.9. The summed E-state index contributed by atoms with van der Waals surface area (Å²) in [7, 11) is 2.14. The van der Waals surface area contributed by atoms with Gasteiger partial charge in [-0.3, -0.25) is 4.79 Å². The highest BCUT2D eigenvalue weighted by Crippen LogP contribution is 2.21. The lowest BCUT2D eigenvalue weighted by atomic mass is 10.1. The number of benzene rings is 1. The average Bonchev–Trinajstić information content (AvgIpc) is 2.59. The van der Waals surface area contributed by atoms with Gasteiger partial charge in [-0.1, -0.05) is 6.07 Å². The van der Waals surface area contributed by atoms with Crippen molar-refractivity contribution >= 4 is 11.6 Å². The molecule has 1 fully saturated rings. The first-order chi connectivity index (χ1) is 11.6. The van der Waals surface area contributed by atoms with E-state index in [-0.39, 0.29) is 12.0 Å². The van der Waals surface area contributed by atoms with Gasteiger partial charge in [-0.2, -0.15) is 0 Å². The molecule has 3 rings (SSSR count). The zero-order valence-electron chi connectivity index (χ0n) is 14.2. The molecule has 0 atom stereocenters. The number of anilines is 1. The van der Waals surface area contributed by atoms with Crippen molar-refractivity contribution in [3.05, 3.63) is 53.9 Å². The molecule has 1 saturated heterocycles. The smallest absolute Gasteiger partial charge is 0.274 e. The second-order valence-electron chi connectivity index (χ2n) is 6.26. The zero-order chi connectivity index (χ0) is 16.9. The number of hydrogen-bond donors (Lipinski definition) is 1. The Morgan fingerprint density at radius 2 is 1.88 bits per heavy atom. The molecule has 5 nitrogen and oxygen atoms in total. The van der Waals surface area contributed by atoms with E-state index in [0.29, 0.717) is 5.69 Å². The van der Waals surface area contributed by atoms with Crippen molar-refractivity contribution in [2.45, 2.75) is 25.9 Å². The predicted octanol–water partition coefficient (Wildman–Crippen LogP) is 3.12. The highest BCUT2D eigenvalue weighted by molar-refractivity contribution is 6.02. The van der Waals surface area contributed by atoms with Gasteiger partial charge in [-0.15, -0.1) is 0 Å². The van der Waals surface area contributed by atoms with Gasteiger partial charge >= 0.3 is 0 Å². The molecule has 1 N–H and O–H groups in total. The number of aryl methyl sites for hydroxylation is 1. The summed E-state index contributed by atoms with van der Waals surface area (Å²) in [6.45, 7) is 4.01. The van der Waals surface area contributed by atoms with E-state index in [4.69, 9.17) is 4.74 Å². The van der Waals surface area contributed by atoms with Crippen molar-refractivity contribution in [2.75, 3.05) is 25.5 Å². The summed E-state index contributed by atoms with van der Waals surface area (Å²) < 4.78 is 6.01. The number of nitrogens with zero attached hydrogens (tertiary/aromatic N) is 2. The molecule has 1 amide bonds. The van der Waals surface area contributed by atoms with E-state index in [2.05, 4.69) is 22.2 Å². The number of pyridine rings is 1. The fourth-order valence-corrected chi connectivity index (χ4v) is 2.78. The number of aromatic nitrogens is 1. The molecule has 24 heavy (non-hydrogen) atoms. The first-order valence-electron chi connectivity index (χ1n) is 8.30. The summed E-state index contributed by atoms with van der Waals surface area (Å²) in [4.78, 5) is 18.7. The van der Waals surface area contributed by atoms with Gasteiger partial charge in [0, 0.05) is 24.5 Å². The van der Waals surface area contributed by atoms with E-state index < -0.39 is 0 Å². The van der Waals surface area contributed by atoms with E-state index in [1.54, 1.807) is 6.07 Å². The number of carbonyl (C=O) groups excluding carboxylic acids is 1. The largest absolute Gasteiger partial charge is 0.490 e. The molecule has 126 valence electrons. The van der Waals surface area contributed by atoms with Crippen molar-refractivity contribution in [3.63, 3.8) is 0 Å². The second kappa shape index (κ2) is 7.45. The van der Waals surface area contributed by atoms with Crippen LogP contribution < -0.4 is 10.1 Å². The number of amides is 1. The monoisotopic (exact) mass is 325 g/mol. The molecule has 1 aromatic carbocycles. The lowest BCUT2D eigenvalue weighted by molar-refractivity contribution is 0.102. The molecule has 0 aliphatic carbocycles. The maximum absolute atomic E-state index is 12.2. The van der Waals surface area contributed by atoms with Crippen LogP contribution in [-0.2, 0) is 0 Å². The van der Waals surface area contributed by atoms with Gasteiger partial charge in [-0.25, -0.2) is 4.98 Å². The zero-order valence-corrected chi connectivity index (χ0v) is 14.2. The van der Waals surface area contributed by atoms with Crippen LogP contribution in [0.1, 0.15) is 29.0 Å². The molecule has 5 heteroatoms. The highest BCUT2D eigenvalue weighted by atomic mass is 16.5. The molecule has 2 heterocycles. The first kappa shape index (κ1) is 16.5. The number of likely N-dealkylation sites (tertiary alicyclic amines) is 1. The Balaban J connectivity index is 1.57. The van der Waals surface area contributed by atoms with Crippen LogP contribution in [0.4, 0.5) is 5.69 Å². The Kier molecular flexibility index (Phi) is 5.11. The summed E-state index contributed by atoms with van der Waals surface area (Å²) in [5.41, 5.74) is 1.98. The van der Waals surface area contributed by atoms with Gasteiger partial charge in [0.25, 0.3) is 5.91 Å². The van der Waals surface area contributed by atoms with Crippen LogP contribution >= 0.6 is 0 Å². The van der Waals surface area contributed by atoms with Crippen molar-refractivity contribution in [2.24, 2.45) is 0 Å². The summed E-state index contributed by atoms with van der Waals surface area (Å²) >= 11 is 0. The maximum atomic E-state index is 12.2. The van der Waals surface area contributed by atoms with Crippen LogP contribution in [0.3, 0.4) is 0 Å². The third-order valence-corrected chi connectivity index (χ3v) is 4.20. The summed E-state index contributed by atoms with van der Waals surface area (Å²) in [5.74, 6) is 0.638. The average molecular weight is 325 g/mol. The van der Waals surface area contributed by atoms with Crippen LogP contribution in [0.25, 0.3) is 0 Å². The molecule has 0 bridgehead atoms. The lowest BCUT2D eigenvalue weighted by Gasteiger charge is -2.29. The van der Waals surface area contributed by atoms with E-state index in [9.17, 15) is 4.79 Å². The van der Waals surface area contributed by atoms with Gasteiger partial charge < -0.3 is 15.0 Å². The standard InChI is InChI=1S/C19H23N3O2/c1-14-4-3-5-18(20-14)19(23)21-15-6-8-16(9-7-15)24-17-10-12-22(2)13-11-17/h3-9,17H,10-13H2,1-2H3,(H,21,23). The van der Waals surface area contributed by atoms with Crippen LogP contribution in [0.15, 0.2) is 42.5 Å². The molecule has 2 aromatic rings. The molecular formula is C19H23N3O2.